The summed E-state index contributed by atoms with van der Waals surface area (Å²) in [6.45, 7) is 0.582. The topological polar surface area (TPSA) is 79.3 Å². The van der Waals surface area contributed by atoms with E-state index in [0.717, 1.165) is 17.7 Å². The molecule has 2 fully saturated rings. The van der Waals surface area contributed by atoms with Gasteiger partial charge in [-0.2, -0.15) is 0 Å². The number of hydrogen-bond donors (Lipinski definition) is 1. The number of rotatable bonds is 6. The van der Waals surface area contributed by atoms with Gasteiger partial charge in [0.05, 0.1) is 13.7 Å². The van der Waals surface area contributed by atoms with Gasteiger partial charge in [0.2, 0.25) is 0 Å². The van der Waals surface area contributed by atoms with Gasteiger partial charge in [-0.15, -0.1) is 0 Å². The minimum absolute atomic E-state index is 0.00799. The number of carbonyl (C=O) groups excluding carboxylic acids is 2. The molecule has 7 nitrogen and oxygen atoms in total. The zero-order valence-corrected chi connectivity index (χ0v) is 13.7. The molecule has 0 radical (unpaired) electrons. The van der Waals surface area contributed by atoms with Gasteiger partial charge in [-0.25, -0.2) is 4.79 Å². The van der Waals surface area contributed by atoms with Crippen molar-refractivity contribution in [3.63, 3.8) is 0 Å². The molecule has 2 aliphatic rings. The minimum Gasteiger partial charge on any atom is -0.497 e. The number of ether oxygens (including phenoxy) is 2. The summed E-state index contributed by atoms with van der Waals surface area (Å²) in [5.74, 6) is 1.10. The summed E-state index contributed by atoms with van der Waals surface area (Å²) in [6, 6.07) is 6.34. The summed E-state index contributed by atoms with van der Waals surface area (Å²) < 4.78 is 10.6. The van der Waals surface area contributed by atoms with Gasteiger partial charge >= 0.3 is 6.03 Å². The average molecular weight is 334 g/mol. The maximum absolute atomic E-state index is 12.3. The van der Waals surface area contributed by atoms with E-state index < -0.39 is 6.10 Å². The van der Waals surface area contributed by atoms with Crippen LogP contribution in [0.25, 0.3) is 0 Å². The molecule has 2 aliphatic heterocycles. The van der Waals surface area contributed by atoms with Gasteiger partial charge in [0, 0.05) is 6.54 Å². The normalized spacial score (nSPS) is 21.7. The van der Waals surface area contributed by atoms with Crippen LogP contribution >= 0.6 is 0 Å². The predicted molar refractivity (Wildman–Crippen MR) is 85.9 cm³/mol. The van der Waals surface area contributed by atoms with Crippen molar-refractivity contribution < 1.29 is 24.2 Å². The number of urea groups is 1. The smallest absolute Gasteiger partial charge is 0.327 e. The van der Waals surface area contributed by atoms with Crippen LogP contribution in [0, 0.1) is 0 Å². The van der Waals surface area contributed by atoms with Gasteiger partial charge < -0.3 is 19.5 Å². The first-order valence-corrected chi connectivity index (χ1v) is 8.17. The lowest BCUT2D eigenvalue weighted by Gasteiger charge is -2.26. The van der Waals surface area contributed by atoms with Gasteiger partial charge in [0.25, 0.3) is 5.91 Å². The molecule has 1 N–H and O–H groups in total. The highest BCUT2D eigenvalue weighted by Crippen LogP contribution is 2.26. The first-order chi connectivity index (χ1) is 11.6. The Morgan fingerprint density at radius 3 is 2.58 bits per heavy atom. The van der Waals surface area contributed by atoms with E-state index in [4.69, 9.17) is 9.47 Å². The van der Waals surface area contributed by atoms with E-state index in [0.29, 0.717) is 24.5 Å². The summed E-state index contributed by atoms with van der Waals surface area (Å²) in [7, 11) is 1.58. The molecule has 0 spiro atoms. The molecule has 0 aliphatic carbocycles. The van der Waals surface area contributed by atoms with E-state index in [2.05, 4.69) is 0 Å². The monoisotopic (exact) mass is 334 g/mol. The number of carbonyl (C=O) groups is 2. The van der Waals surface area contributed by atoms with Crippen molar-refractivity contribution in [2.24, 2.45) is 0 Å². The second kappa shape index (κ2) is 7.09. The van der Waals surface area contributed by atoms with E-state index in [1.165, 1.54) is 0 Å². The van der Waals surface area contributed by atoms with Gasteiger partial charge in [0.15, 0.2) is 0 Å². The SMILES string of the molecule is COc1ccc(OC[C@@H](O)CN2C(=O)[C@H]3CCCCN3C2=O)cc1. The summed E-state index contributed by atoms with van der Waals surface area (Å²) in [5.41, 5.74) is 0. The number of nitrogens with zero attached hydrogens (tertiary/aromatic N) is 2. The third-order valence-electron chi connectivity index (χ3n) is 4.43. The molecule has 0 aromatic heterocycles. The molecule has 130 valence electrons. The Morgan fingerprint density at radius 1 is 1.21 bits per heavy atom. The Labute approximate surface area is 140 Å². The third kappa shape index (κ3) is 3.31. The van der Waals surface area contributed by atoms with Gasteiger partial charge in [-0.05, 0) is 43.5 Å². The van der Waals surface area contributed by atoms with Crippen molar-refractivity contribution in [3.8, 4) is 11.5 Å². The van der Waals surface area contributed by atoms with Crippen molar-refractivity contribution in [2.75, 3.05) is 26.8 Å². The molecular weight excluding hydrogens is 312 g/mol. The zero-order chi connectivity index (χ0) is 17.1. The molecule has 1 aromatic rings. The maximum Gasteiger partial charge on any atom is 0.327 e. The first-order valence-electron chi connectivity index (χ1n) is 8.17. The molecule has 0 bridgehead atoms. The van der Waals surface area contributed by atoms with E-state index in [1.807, 2.05) is 0 Å². The molecule has 1 aromatic carbocycles. The van der Waals surface area contributed by atoms with Gasteiger partial charge in [0.1, 0.15) is 30.3 Å². The third-order valence-corrected chi connectivity index (χ3v) is 4.43. The molecule has 3 amide bonds. The van der Waals surface area contributed by atoms with E-state index in [9.17, 15) is 14.7 Å². The lowest BCUT2D eigenvalue weighted by molar-refractivity contribution is -0.129. The second-order valence-electron chi connectivity index (χ2n) is 6.08. The Kier molecular flexibility index (Phi) is 4.89. The number of aliphatic hydroxyl groups is 1. The summed E-state index contributed by atoms with van der Waals surface area (Å²) in [4.78, 5) is 27.4. The van der Waals surface area contributed by atoms with Crippen LogP contribution in [0.15, 0.2) is 24.3 Å². The fourth-order valence-electron chi connectivity index (χ4n) is 3.14. The Bertz CT molecular complexity index is 580. The van der Waals surface area contributed by atoms with Crippen LogP contribution in [0.5, 0.6) is 11.5 Å². The van der Waals surface area contributed by atoms with E-state index in [-0.39, 0.29) is 31.1 Å². The molecule has 2 saturated heterocycles. The molecular formula is C17H22N2O5. The van der Waals surface area contributed by atoms with Crippen molar-refractivity contribution in [1.82, 2.24) is 9.80 Å². The van der Waals surface area contributed by atoms with E-state index >= 15 is 0 Å². The highest BCUT2D eigenvalue weighted by Gasteiger charge is 2.46. The molecule has 7 heteroatoms. The van der Waals surface area contributed by atoms with Crippen LogP contribution < -0.4 is 9.47 Å². The predicted octanol–water partition coefficient (Wildman–Crippen LogP) is 1.25. The molecule has 3 rings (SSSR count). The maximum atomic E-state index is 12.3. The summed E-state index contributed by atoms with van der Waals surface area (Å²) >= 11 is 0. The summed E-state index contributed by atoms with van der Waals surface area (Å²) in [6.07, 6.45) is 1.66. The number of hydrogen-bond acceptors (Lipinski definition) is 5. The zero-order valence-electron chi connectivity index (χ0n) is 13.7. The highest BCUT2D eigenvalue weighted by molar-refractivity contribution is 6.04. The van der Waals surface area contributed by atoms with Crippen molar-refractivity contribution in [1.29, 1.82) is 0 Å². The number of benzene rings is 1. The number of fused-ring (bicyclic) bond motifs is 1. The Balaban J connectivity index is 1.53. The Hall–Kier alpha value is -2.28. The molecule has 0 saturated carbocycles. The van der Waals surface area contributed by atoms with Crippen LogP contribution in [0.1, 0.15) is 19.3 Å². The number of aliphatic hydroxyl groups excluding tert-OH is 1. The molecule has 0 unspecified atom stereocenters. The number of amides is 3. The van der Waals surface area contributed by atoms with Crippen LogP contribution in [0.3, 0.4) is 0 Å². The van der Waals surface area contributed by atoms with Crippen molar-refractivity contribution in [2.45, 2.75) is 31.4 Å². The minimum atomic E-state index is -0.929. The standard InChI is InChI=1S/C17H22N2O5/c1-23-13-5-7-14(8-6-13)24-11-12(20)10-19-16(21)15-4-2-3-9-18(15)17(19)22/h5-8,12,15,20H,2-4,9-11H2,1H3/t12-,15+/m0/s1. The van der Waals surface area contributed by atoms with Crippen molar-refractivity contribution in [3.05, 3.63) is 24.3 Å². The molecule has 24 heavy (non-hydrogen) atoms. The van der Waals surface area contributed by atoms with Crippen LogP contribution in [0.2, 0.25) is 0 Å². The highest BCUT2D eigenvalue weighted by atomic mass is 16.5. The number of piperidine rings is 1. The quantitative estimate of drug-likeness (QED) is 0.792. The van der Waals surface area contributed by atoms with E-state index in [1.54, 1.807) is 36.3 Å². The fourth-order valence-corrected chi connectivity index (χ4v) is 3.14. The second-order valence-corrected chi connectivity index (χ2v) is 6.08. The van der Waals surface area contributed by atoms with Gasteiger partial charge in [-0.3, -0.25) is 9.69 Å². The first kappa shape index (κ1) is 16.6. The summed E-state index contributed by atoms with van der Waals surface area (Å²) in [5, 5.41) is 10.1. The molecule has 2 heterocycles. The largest absolute Gasteiger partial charge is 0.497 e. The van der Waals surface area contributed by atoms with Crippen LogP contribution in [-0.4, -0.2) is 65.8 Å². The van der Waals surface area contributed by atoms with Crippen molar-refractivity contribution >= 4 is 11.9 Å². The van der Waals surface area contributed by atoms with Gasteiger partial charge in [-0.1, -0.05) is 0 Å². The molecule has 2 atom stereocenters. The number of β-amino-alcohol motifs (C(OH)–C–C–N with tert-alkyl or cyclic N) is 1. The number of methoxy groups -OCH3 is 1. The lowest BCUT2D eigenvalue weighted by atomic mass is 10.0. The fraction of sp³-hybridized carbons (Fsp3) is 0.529. The lowest BCUT2D eigenvalue weighted by Crippen LogP contribution is -2.40. The van der Waals surface area contributed by atoms with Crippen LogP contribution in [-0.2, 0) is 4.79 Å². The average Bonchev–Trinajstić information content (AvgIpc) is 2.86. The number of imide groups is 1. The van der Waals surface area contributed by atoms with Crippen LogP contribution in [0.4, 0.5) is 4.79 Å². The Morgan fingerprint density at radius 2 is 1.92 bits per heavy atom.